The molecule has 0 spiro atoms. The van der Waals surface area contributed by atoms with Crippen LogP contribution in [0.15, 0.2) is 72.8 Å². The second-order valence-corrected chi connectivity index (χ2v) is 9.05. The van der Waals surface area contributed by atoms with Crippen LogP contribution in [-0.2, 0) is 4.57 Å². The molecule has 0 saturated carbocycles. The summed E-state index contributed by atoms with van der Waals surface area (Å²) in [5.74, 6) is 0.687. The maximum absolute atomic E-state index is 14.5. The third kappa shape index (κ3) is 2.51. The topological polar surface area (TPSA) is 76.0 Å². The van der Waals surface area contributed by atoms with Crippen molar-refractivity contribution in [3.63, 3.8) is 0 Å². The SMILES string of the molecule is COc1cccc2c1OP(=O)(c1c(O)ccc3ccc(O)cc13)c1ccccc1-2. The first-order chi connectivity index (χ1) is 14.0. The van der Waals surface area contributed by atoms with Crippen molar-refractivity contribution in [2.24, 2.45) is 0 Å². The summed E-state index contributed by atoms with van der Waals surface area (Å²) in [5, 5.41) is 22.6. The van der Waals surface area contributed by atoms with Crippen molar-refractivity contribution in [1.29, 1.82) is 0 Å². The van der Waals surface area contributed by atoms with E-state index in [9.17, 15) is 14.8 Å². The van der Waals surface area contributed by atoms with Crippen molar-refractivity contribution in [3.8, 4) is 34.1 Å². The number of phenolic OH excluding ortho intramolecular Hbond substituents is 2. The Morgan fingerprint density at radius 1 is 0.897 bits per heavy atom. The van der Waals surface area contributed by atoms with Crippen LogP contribution in [-0.4, -0.2) is 17.3 Å². The van der Waals surface area contributed by atoms with E-state index in [-0.39, 0.29) is 16.8 Å². The van der Waals surface area contributed by atoms with Gasteiger partial charge in [-0.05, 0) is 41.3 Å². The van der Waals surface area contributed by atoms with Crippen molar-refractivity contribution >= 4 is 28.8 Å². The molecule has 0 saturated heterocycles. The molecular weight excluding hydrogens is 387 g/mol. The van der Waals surface area contributed by atoms with Crippen LogP contribution in [0.2, 0.25) is 0 Å². The maximum atomic E-state index is 14.5. The second-order valence-electron chi connectivity index (χ2n) is 6.84. The Morgan fingerprint density at radius 3 is 2.48 bits per heavy atom. The molecule has 144 valence electrons. The lowest BCUT2D eigenvalue weighted by Crippen LogP contribution is -2.26. The number of ether oxygens (including phenoxy) is 1. The van der Waals surface area contributed by atoms with E-state index in [0.717, 1.165) is 16.5 Å². The van der Waals surface area contributed by atoms with Gasteiger partial charge >= 0.3 is 7.37 Å². The van der Waals surface area contributed by atoms with Crippen LogP contribution >= 0.6 is 7.37 Å². The fourth-order valence-electron chi connectivity index (χ4n) is 3.87. The number of methoxy groups -OCH3 is 1. The highest BCUT2D eigenvalue weighted by molar-refractivity contribution is 7.75. The Balaban J connectivity index is 1.90. The fraction of sp³-hybridized carbons (Fsp3) is 0.0435. The minimum absolute atomic E-state index is 0.0132. The molecule has 4 aromatic rings. The first-order valence-corrected chi connectivity index (χ1v) is 10.7. The van der Waals surface area contributed by atoms with Crippen molar-refractivity contribution < 1.29 is 24.0 Å². The second kappa shape index (κ2) is 6.29. The molecule has 1 aliphatic heterocycles. The molecule has 6 heteroatoms. The predicted molar refractivity (Wildman–Crippen MR) is 113 cm³/mol. The van der Waals surface area contributed by atoms with Crippen LogP contribution in [0.4, 0.5) is 0 Å². The Morgan fingerprint density at radius 2 is 1.66 bits per heavy atom. The van der Waals surface area contributed by atoms with E-state index in [0.29, 0.717) is 22.2 Å². The van der Waals surface area contributed by atoms with Crippen molar-refractivity contribution in [1.82, 2.24) is 0 Å². The molecular formula is C23H17O5P. The van der Waals surface area contributed by atoms with Crippen LogP contribution < -0.4 is 19.9 Å². The van der Waals surface area contributed by atoms with Gasteiger partial charge in [0.05, 0.1) is 12.4 Å². The van der Waals surface area contributed by atoms with Crippen LogP contribution in [0.25, 0.3) is 21.9 Å². The summed E-state index contributed by atoms with van der Waals surface area (Å²) in [7, 11) is -2.25. The third-order valence-corrected chi connectivity index (χ3v) is 7.70. The maximum Gasteiger partial charge on any atom is 0.311 e. The summed E-state index contributed by atoms with van der Waals surface area (Å²) in [5.41, 5.74) is 1.53. The average Bonchev–Trinajstić information content (AvgIpc) is 2.73. The molecule has 1 aliphatic rings. The Kier molecular flexibility index (Phi) is 3.83. The van der Waals surface area contributed by atoms with Crippen molar-refractivity contribution in [2.45, 2.75) is 0 Å². The highest BCUT2D eigenvalue weighted by Gasteiger charge is 2.42. The molecule has 1 unspecified atom stereocenters. The lowest BCUT2D eigenvalue weighted by molar-refractivity contribution is 0.392. The molecule has 2 N–H and O–H groups in total. The zero-order valence-electron chi connectivity index (χ0n) is 15.5. The molecule has 0 aliphatic carbocycles. The van der Waals surface area contributed by atoms with E-state index in [2.05, 4.69) is 0 Å². The molecule has 4 aromatic carbocycles. The molecule has 0 amide bonds. The molecule has 1 heterocycles. The minimum Gasteiger partial charge on any atom is -0.508 e. The summed E-state index contributed by atoms with van der Waals surface area (Å²) >= 11 is 0. The van der Waals surface area contributed by atoms with Gasteiger partial charge < -0.3 is 19.5 Å². The number of hydrogen-bond donors (Lipinski definition) is 2. The van der Waals surface area contributed by atoms with Crippen LogP contribution in [0, 0.1) is 0 Å². The summed E-state index contributed by atoms with van der Waals surface area (Å²) in [4.78, 5) is 0. The summed E-state index contributed by atoms with van der Waals surface area (Å²) in [6, 6.07) is 20.7. The van der Waals surface area contributed by atoms with E-state index in [1.54, 1.807) is 36.4 Å². The zero-order chi connectivity index (χ0) is 20.2. The molecule has 5 rings (SSSR count). The first-order valence-electron chi connectivity index (χ1n) is 9.05. The van der Waals surface area contributed by atoms with Crippen LogP contribution in [0.1, 0.15) is 0 Å². The van der Waals surface area contributed by atoms with Gasteiger partial charge in [-0.1, -0.05) is 42.5 Å². The standard InChI is InChI=1S/C23H17O5P/c1-27-20-7-4-6-17-16-5-2-3-8-21(16)29(26,28-22(17)20)23-18-13-15(24)11-9-14(18)10-12-19(23)25/h2-13,24-25H,1H3. The number of para-hydroxylation sites is 1. The fourth-order valence-corrected chi connectivity index (χ4v) is 6.43. The Labute approximate surface area is 167 Å². The highest BCUT2D eigenvalue weighted by atomic mass is 31.2. The normalized spacial score (nSPS) is 17.3. The van der Waals surface area contributed by atoms with E-state index in [4.69, 9.17) is 9.26 Å². The number of aromatic hydroxyl groups is 2. The first kappa shape index (κ1) is 17.7. The van der Waals surface area contributed by atoms with Gasteiger partial charge in [-0.3, -0.25) is 4.57 Å². The van der Waals surface area contributed by atoms with Gasteiger partial charge in [0.25, 0.3) is 0 Å². The quantitative estimate of drug-likeness (QED) is 0.480. The molecule has 29 heavy (non-hydrogen) atoms. The Hall–Kier alpha value is -3.43. The van der Waals surface area contributed by atoms with Gasteiger partial charge in [0.15, 0.2) is 11.5 Å². The monoisotopic (exact) mass is 404 g/mol. The highest BCUT2D eigenvalue weighted by Crippen LogP contribution is 2.58. The molecule has 0 aromatic heterocycles. The molecule has 0 fully saturated rings. The van der Waals surface area contributed by atoms with Crippen molar-refractivity contribution in [3.05, 3.63) is 72.8 Å². The van der Waals surface area contributed by atoms with Crippen LogP contribution in [0.5, 0.6) is 23.0 Å². The van der Waals surface area contributed by atoms with Crippen molar-refractivity contribution in [2.75, 3.05) is 7.11 Å². The van der Waals surface area contributed by atoms with Gasteiger partial charge in [0.1, 0.15) is 16.8 Å². The lowest BCUT2D eigenvalue weighted by Gasteiger charge is -2.30. The summed E-state index contributed by atoms with van der Waals surface area (Å²) in [6.07, 6.45) is 0. The molecule has 0 bridgehead atoms. The number of rotatable bonds is 2. The van der Waals surface area contributed by atoms with Gasteiger partial charge in [-0.15, -0.1) is 0 Å². The summed E-state index contributed by atoms with van der Waals surface area (Å²) < 4.78 is 26.1. The van der Waals surface area contributed by atoms with Crippen LogP contribution in [0.3, 0.4) is 0 Å². The smallest absolute Gasteiger partial charge is 0.311 e. The lowest BCUT2D eigenvalue weighted by atomic mass is 10.0. The minimum atomic E-state index is -3.77. The molecule has 1 atom stereocenters. The number of hydrogen-bond acceptors (Lipinski definition) is 5. The summed E-state index contributed by atoms with van der Waals surface area (Å²) in [6.45, 7) is 0. The van der Waals surface area contributed by atoms with Gasteiger partial charge in [-0.25, -0.2) is 0 Å². The van der Waals surface area contributed by atoms with E-state index < -0.39 is 7.37 Å². The third-order valence-electron chi connectivity index (χ3n) is 5.18. The van der Waals surface area contributed by atoms with Gasteiger partial charge in [0.2, 0.25) is 0 Å². The van der Waals surface area contributed by atoms with E-state index in [1.807, 2.05) is 24.3 Å². The Bertz CT molecular complexity index is 1320. The largest absolute Gasteiger partial charge is 0.508 e. The van der Waals surface area contributed by atoms with Gasteiger partial charge in [-0.2, -0.15) is 0 Å². The zero-order valence-corrected chi connectivity index (χ0v) is 16.4. The number of fused-ring (bicyclic) bond motifs is 4. The number of benzene rings is 4. The molecule has 0 radical (unpaired) electrons. The number of phenols is 2. The van der Waals surface area contributed by atoms with E-state index >= 15 is 0 Å². The average molecular weight is 404 g/mol. The van der Waals surface area contributed by atoms with E-state index in [1.165, 1.54) is 19.2 Å². The molecule has 5 nitrogen and oxygen atoms in total. The van der Waals surface area contributed by atoms with Gasteiger partial charge in [0, 0.05) is 10.9 Å². The predicted octanol–water partition coefficient (Wildman–Crippen LogP) is 4.55.